The van der Waals surface area contributed by atoms with E-state index in [1.54, 1.807) is 5.32 Å². The first-order valence-electron chi connectivity index (χ1n) is 5.61. The van der Waals surface area contributed by atoms with Crippen molar-refractivity contribution >= 4 is 16.2 Å². The van der Waals surface area contributed by atoms with E-state index < -0.39 is 47.1 Å². The van der Waals surface area contributed by atoms with Gasteiger partial charge >= 0.3 is 12.3 Å². The SMILES string of the molecule is CC(C)(C)OC(=O)NC(CCOS(C)(=O)=O)C(F)(F)F. The number of alkyl carbamates (subject to hydrolysis) is 1. The molecule has 0 saturated carbocycles. The van der Waals surface area contributed by atoms with E-state index in [4.69, 9.17) is 4.74 Å². The molecule has 0 aliphatic heterocycles. The summed E-state index contributed by atoms with van der Waals surface area (Å²) >= 11 is 0. The molecule has 0 aliphatic carbocycles. The number of ether oxygens (including phenoxy) is 1. The highest BCUT2D eigenvalue weighted by Crippen LogP contribution is 2.23. The molecule has 20 heavy (non-hydrogen) atoms. The minimum atomic E-state index is -4.74. The van der Waals surface area contributed by atoms with E-state index in [-0.39, 0.29) is 0 Å². The lowest BCUT2D eigenvalue weighted by atomic mass is 10.2. The number of halogens is 3. The maximum atomic E-state index is 12.7. The van der Waals surface area contributed by atoms with Gasteiger partial charge in [0.15, 0.2) is 0 Å². The van der Waals surface area contributed by atoms with Crippen LogP contribution in [0.5, 0.6) is 0 Å². The Kier molecular flexibility index (Phi) is 6.27. The van der Waals surface area contributed by atoms with Crippen molar-refractivity contribution in [2.24, 2.45) is 0 Å². The fraction of sp³-hybridized carbons (Fsp3) is 0.900. The van der Waals surface area contributed by atoms with E-state index in [1.165, 1.54) is 20.8 Å². The van der Waals surface area contributed by atoms with Gasteiger partial charge in [-0.15, -0.1) is 0 Å². The van der Waals surface area contributed by atoms with Gasteiger partial charge in [0.1, 0.15) is 11.6 Å². The van der Waals surface area contributed by atoms with Crippen LogP contribution < -0.4 is 5.32 Å². The van der Waals surface area contributed by atoms with Crippen molar-refractivity contribution in [1.82, 2.24) is 5.32 Å². The van der Waals surface area contributed by atoms with E-state index in [2.05, 4.69) is 4.18 Å². The van der Waals surface area contributed by atoms with Gasteiger partial charge in [-0.05, 0) is 20.8 Å². The van der Waals surface area contributed by atoms with Gasteiger partial charge in [-0.3, -0.25) is 4.18 Å². The predicted molar refractivity (Wildman–Crippen MR) is 64.6 cm³/mol. The van der Waals surface area contributed by atoms with Crippen LogP contribution in [0.15, 0.2) is 0 Å². The molecule has 0 aromatic heterocycles. The largest absolute Gasteiger partial charge is 0.444 e. The zero-order valence-electron chi connectivity index (χ0n) is 11.6. The lowest BCUT2D eigenvalue weighted by Gasteiger charge is -2.24. The average molecular weight is 321 g/mol. The number of hydrogen-bond acceptors (Lipinski definition) is 5. The highest BCUT2D eigenvalue weighted by molar-refractivity contribution is 7.85. The van der Waals surface area contributed by atoms with Crippen molar-refractivity contribution in [2.45, 2.75) is 45.0 Å². The maximum Gasteiger partial charge on any atom is 0.408 e. The Morgan fingerprint density at radius 2 is 1.75 bits per heavy atom. The molecule has 1 N–H and O–H groups in total. The quantitative estimate of drug-likeness (QED) is 0.781. The summed E-state index contributed by atoms with van der Waals surface area (Å²) in [4.78, 5) is 11.3. The highest BCUT2D eigenvalue weighted by atomic mass is 32.2. The van der Waals surface area contributed by atoms with Gasteiger partial charge in [0.25, 0.3) is 10.1 Å². The number of carbonyl (C=O) groups excluding carboxylic acids is 1. The molecule has 0 heterocycles. The third kappa shape index (κ3) is 9.84. The van der Waals surface area contributed by atoms with Gasteiger partial charge in [-0.2, -0.15) is 21.6 Å². The van der Waals surface area contributed by atoms with Crippen LogP contribution in [0.1, 0.15) is 27.2 Å². The van der Waals surface area contributed by atoms with Gasteiger partial charge < -0.3 is 10.1 Å². The van der Waals surface area contributed by atoms with Crippen LogP contribution in [0.4, 0.5) is 18.0 Å². The second kappa shape index (κ2) is 6.61. The summed E-state index contributed by atoms with van der Waals surface area (Å²) in [5.74, 6) is 0. The third-order valence-corrected chi connectivity index (χ3v) is 2.38. The van der Waals surface area contributed by atoms with Crippen molar-refractivity contribution in [3.8, 4) is 0 Å². The molecule has 6 nitrogen and oxygen atoms in total. The molecule has 0 aromatic carbocycles. The van der Waals surface area contributed by atoms with Gasteiger partial charge in [-0.25, -0.2) is 4.79 Å². The standard InChI is InChI=1S/C10H18F3NO5S/c1-9(2,3)19-8(15)14-7(10(11,12)13)5-6-18-20(4,16)17/h7H,5-6H2,1-4H3,(H,14,15). The summed E-state index contributed by atoms with van der Waals surface area (Å²) in [7, 11) is -3.83. The van der Waals surface area contributed by atoms with E-state index in [0.29, 0.717) is 0 Å². The molecular formula is C10H18F3NO5S. The molecule has 0 fully saturated rings. The minimum Gasteiger partial charge on any atom is -0.444 e. The summed E-state index contributed by atoms with van der Waals surface area (Å²) < 4.78 is 68.2. The number of carbonyl (C=O) groups is 1. The van der Waals surface area contributed by atoms with Crippen molar-refractivity contribution in [3.05, 3.63) is 0 Å². The molecule has 0 bridgehead atoms. The summed E-state index contributed by atoms with van der Waals surface area (Å²) in [6.07, 6.45) is -6.00. The van der Waals surface area contributed by atoms with Crippen LogP contribution in [0, 0.1) is 0 Å². The summed E-state index contributed by atoms with van der Waals surface area (Å²) in [5, 5.41) is 1.64. The van der Waals surface area contributed by atoms with Crippen molar-refractivity contribution < 1.29 is 35.3 Å². The van der Waals surface area contributed by atoms with Crippen LogP contribution in [-0.4, -0.2) is 45.2 Å². The van der Waals surface area contributed by atoms with E-state index in [0.717, 1.165) is 6.26 Å². The summed E-state index contributed by atoms with van der Waals surface area (Å²) in [5.41, 5.74) is -0.941. The minimum absolute atomic E-state index is 0.696. The second-order valence-electron chi connectivity index (χ2n) is 5.06. The van der Waals surface area contributed by atoms with Crippen molar-refractivity contribution in [3.63, 3.8) is 0 Å². The third-order valence-electron chi connectivity index (χ3n) is 1.79. The molecule has 0 saturated heterocycles. The van der Waals surface area contributed by atoms with Crippen molar-refractivity contribution in [1.29, 1.82) is 0 Å². The zero-order chi connectivity index (χ0) is 16.2. The van der Waals surface area contributed by atoms with Crippen LogP contribution in [-0.2, 0) is 19.0 Å². The Bertz CT molecular complexity index is 427. The van der Waals surface area contributed by atoms with Crippen LogP contribution in [0.3, 0.4) is 0 Å². The molecule has 120 valence electrons. The average Bonchev–Trinajstić information content (AvgIpc) is 2.09. The molecule has 0 aromatic rings. The van der Waals surface area contributed by atoms with Crippen LogP contribution in [0.2, 0.25) is 0 Å². The highest BCUT2D eigenvalue weighted by Gasteiger charge is 2.41. The zero-order valence-corrected chi connectivity index (χ0v) is 12.4. The normalized spacial score (nSPS) is 14.8. The molecule has 0 spiro atoms. The molecule has 1 unspecified atom stereocenters. The Morgan fingerprint density at radius 3 is 2.10 bits per heavy atom. The molecule has 0 rings (SSSR count). The number of amides is 1. The molecule has 1 atom stereocenters. The molecule has 1 amide bonds. The molecule has 10 heteroatoms. The second-order valence-corrected chi connectivity index (χ2v) is 6.70. The topological polar surface area (TPSA) is 81.7 Å². The maximum absolute atomic E-state index is 12.7. The van der Waals surface area contributed by atoms with E-state index in [1.807, 2.05) is 0 Å². The van der Waals surface area contributed by atoms with E-state index >= 15 is 0 Å². The fourth-order valence-electron chi connectivity index (χ4n) is 1.08. The number of rotatable bonds is 5. The Hall–Kier alpha value is -1.03. The lowest BCUT2D eigenvalue weighted by molar-refractivity contribution is -0.157. The molecular weight excluding hydrogens is 303 g/mol. The molecule has 0 aliphatic rings. The van der Waals surface area contributed by atoms with Gasteiger partial charge in [0, 0.05) is 6.42 Å². The first-order chi connectivity index (χ1) is 8.71. The van der Waals surface area contributed by atoms with Gasteiger partial charge in [-0.1, -0.05) is 0 Å². The van der Waals surface area contributed by atoms with Gasteiger partial charge in [0.05, 0.1) is 12.9 Å². The van der Waals surface area contributed by atoms with E-state index in [9.17, 15) is 26.4 Å². The molecule has 0 radical (unpaired) electrons. The Labute approximate surface area is 115 Å². The monoisotopic (exact) mass is 321 g/mol. The Morgan fingerprint density at radius 1 is 1.25 bits per heavy atom. The van der Waals surface area contributed by atoms with Crippen molar-refractivity contribution in [2.75, 3.05) is 12.9 Å². The number of nitrogens with one attached hydrogen (secondary N) is 1. The number of alkyl halides is 3. The Balaban J connectivity index is 4.56. The van der Waals surface area contributed by atoms with Crippen LogP contribution in [0.25, 0.3) is 0 Å². The number of hydrogen-bond donors (Lipinski definition) is 1. The predicted octanol–water partition coefficient (Wildman–Crippen LogP) is 1.81. The first-order valence-corrected chi connectivity index (χ1v) is 7.43. The smallest absolute Gasteiger partial charge is 0.408 e. The van der Waals surface area contributed by atoms with Crippen LogP contribution >= 0.6 is 0 Å². The lowest BCUT2D eigenvalue weighted by Crippen LogP contribution is -2.47. The van der Waals surface area contributed by atoms with Gasteiger partial charge in [0.2, 0.25) is 0 Å². The first kappa shape index (κ1) is 19.0. The summed E-state index contributed by atoms with van der Waals surface area (Å²) in [6.45, 7) is 3.81. The fourth-order valence-corrected chi connectivity index (χ4v) is 1.48. The summed E-state index contributed by atoms with van der Waals surface area (Å²) in [6, 6.07) is -2.25.